The highest BCUT2D eigenvalue weighted by Crippen LogP contribution is 2.22. The van der Waals surface area contributed by atoms with Gasteiger partial charge in [-0.15, -0.1) is 10.2 Å². The lowest BCUT2D eigenvalue weighted by Gasteiger charge is -2.06. The molecule has 0 bridgehead atoms. The minimum atomic E-state index is 0.475. The second-order valence-electron chi connectivity index (χ2n) is 4.04. The van der Waals surface area contributed by atoms with Crippen molar-refractivity contribution in [1.82, 2.24) is 19.9 Å². The fraction of sp³-hybridized carbons (Fsp3) is 0.455. The molecule has 2 aromatic rings. The summed E-state index contributed by atoms with van der Waals surface area (Å²) in [5, 5.41) is 11.8. The highest BCUT2D eigenvalue weighted by atomic mass is 16.5. The standard InChI is InChI=1S/C11H14N4O/c1-16-9-3-5-15-10(6-9)13-14-11(15)8-2-4-12-7-8/h3,5-6,8,12H,2,4,7H2,1H3. The van der Waals surface area contributed by atoms with Gasteiger partial charge in [0.25, 0.3) is 0 Å². The number of pyridine rings is 1. The summed E-state index contributed by atoms with van der Waals surface area (Å²) < 4.78 is 7.21. The Morgan fingerprint density at radius 1 is 1.50 bits per heavy atom. The average Bonchev–Trinajstić information content (AvgIpc) is 2.96. The van der Waals surface area contributed by atoms with Crippen LogP contribution in [0.1, 0.15) is 18.2 Å². The Balaban J connectivity index is 2.06. The number of hydrogen-bond acceptors (Lipinski definition) is 4. The number of fused-ring (bicyclic) bond motifs is 1. The molecule has 5 heteroatoms. The average molecular weight is 218 g/mol. The molecule has 1 aliphatic heterocycles. The first-order valence-electron chi connectivity index (χ1n) is 5.48. The Labute approximate surface area is 93.4 Å². The predicted molar refractivity (Wildman–Crippen MR) is 59.8 cm³/mol. The Morgan fingerprint density at radius 3 is 3.19 bits per heavy atom. The Morgan fingerprint density at radius 2 is 2.44 bits per heavy atom. The Kier molecular flexibility index (Phi) is 2.25. The third-order valence-electron chi connectivity index (χ3n) is 3.07. The fourth-order valence-corrected chi connectivity index (χ4v) is 2.17. The van der Waals surface area contributed by atoms with E-state index in [9.17, 15) is 0 Å². The van der Waals surface area contributed by atoms with Crippen LogP contribution in [0.5, 0.6) is 5.75 Å². The summed E-state index contributed by atoms with van der Waals surface area (Å²) in [5.74, 6) is 2.34. The first-order valence-corrected chi connectivity index (χ1v) is 5.48. The number of rotatable bonds is 2. The molecular formula is C11H14N4O. The molecule has 1 fully saturated rings. The van der Waals surface area contributed by atoms with Crippen LogP contribution in [0.3, 0.4) is 0 Å². The van der Waals surface area contributed by atoms with Crippen LogP contribution in [0.4, 0.5) is 0 Å². The number of methoxy groups -OCH3 is 1. The van der Waals surface area contributed by atoms with Crippen LogP contribution < -0.4 is 10.1 Å². The zero-order valence-corrected chi connectivity index (χ0v) is 9.18. The number of nitrogens with one attached hydrogen (secondary N) is 1. The molecule has 0 spiro atoms. The zero-order valence-electron chi connectivity index (χ0n) is 9.18. The van der Waals surface area contributed by atoms with Crippen molar-refractivity contribution in [3.63, 3.8) is 0 Å². The van der Waals surface area contributed by atoms with E-state index in [0.29, 0.717) is 5.92 Å². The van der Waals surface area contributed by atoms with Gasteiger partial charge in [0.15, 0.2) is 5.65 Å². The SMILES string of the molecule is COc1ccn2c(C3CCNC3)nnc2c1. The largest absolute Gasteiger partial charge is 0.497 e. The molecule has 1 saturated heterocycles. The van der Waals surface area contributed by atoms with Crippen molar-refractivity contribution < 1.29 is 4.74 Å². The summed E-state index contributed by atoms with van der Waals surface area (Å²) in [5.41, 5.74) is 0.848. The van der Waals surface area contributed by atoms with Gasteiger partial charge in [0.1, 0.15) is 11.6 Å². The van der Waals surface area contributed by atoms with Gasteiger partial charge in [0.2, 0.25) is 0 Å². The first kappa shape index (κ1) is 9.59. The van der Waals surface area contributed by atoms with Gasteiger partial charge in [0.05, 0.1) is 7.11 Å². The van der Waals surface area contributed by atoms with Gasteiger partial charge in [-0.25, -0.2) is 0 Å². The van der Waals surface area contributed by atoms with Crippen LogP contribution in [0.2, 0.25) is 0 Å². The third kappa shape index (κ3) is 1.44. The first-order chi connectivity index (χ1) is 7.88. The molecule has 16 heavy (non-hydrogen) atoms. The van der Waals surface area contributed by atoms with Crippen LogP contribution >= 0.6 is 0 Å². The summed E-state index contributed by atoms with van der Waals surface area (Å²) in [6.45, 7) is 2.06. The molecule has 2 aromatic heterocycles. The third-order valence-corrected chi connectivity index (χ3v) is 3.07. The van der Waals surface area contributed by atoms with Crippen LogP contribution in [-0.2, 0) is 0 Å². The lowest BCUT2D eigenvalue weighted by molar-refractivity contribution is 0.414. The molecule has 1 atom stereocenters. The quantitative estimate of drug-likeness (QED) is 0.810. The van der Waals surface area contributed by atoms with Crippen molar-refractivity contribution in [3.05, 3.63) is 24.2 Å². The van der Waals surface area contributed by atoms with Gasteiger partial charge < -0.3 is 10.1 Å². The van der Waals surface area contributed by atoms with Gasteiger partial charge >= 0.3 is 0 Å². The number of ether oxygens (including phenoxy) is 1. The van der Waals surface area contributed by atoms with Crippen LogP contribution in [0.15, 0.2) is 18.3 Å². The molecule has 0 aliphatic carbocycles. The topological polar surface area (TPSA) is 51.5 Å². The molecule has 1 aliphatic rings. The van der Waals surface area contributed by atoms with E-state index in [1.165, 1.54) is 0 Å². The van der Waals surface area contributed by atoms with Gasteiger partial charge in [-0.05, 0) is 19.0 Å². The molecule has 1 N–H and O–H groups in total. The molecule has 5 nitrogen and oxygen atoms in total. The van der Waals surface area contributed by atoms with E-state index in [4.69, 9.17) is 4.74 Å². The Hall–Kier alpha value is -1.62. The molecular weight excluding hydrogens is 204 g/mol. The molecule has 84 valence electrons. The summed E-state index contributed by atoms with van der Waals surface area (Å²) in [6, 6.07) is 3.83. The van der Waals surface area contributed by atoms with Crippen molar-refractivity contribution in [3.8, 4) is 5.75 Å². The lowest BCUT2D eigenvalue weighted by atomic mass is 10.1. The second-order valence-corrected chi connectivity index (χ2v) is 4.04. The maximum atomic E-state index is 5.16. The van der Waals surface area contributed by atoms with Crippen molar-refractivity contribution in [2.24, 2.45) is 0 Å². The van der Waals surface area contributed by atoms with E-state index >= 15 is 0 Å². The van der Waals surface area contributed by atoms with Crippen molar-refractivity contribution in [2.75, 3.05) is 20.2 Å². The minimum absolute atomic E-state index is 0.475. The van der Waals surface area contributed by atoms with Crippen molar-refractivity contribution in [2.45, 2.75) is 12.3 Å². The zero-order chi connectivity index (χ0) is 11.0. The molecule has 0 amide bonds. The summed E-state index contributed by atoms with van der Waals surface area (Å²) in [4.78, 5) is 0. The molecule has 3 heterocycles. The molecule has 0 saturated carbocycles. The number of nitrogens with zero attached hydrogens (tertiary/aromatic N) is 3. The second kappa shape index (κ2) is 3.75. The van der Waals surface area contributed by atoms with Crippen LogP contribution in [0.25, 0.3) is 5.65 Å². The van der Waals surface area contributed by atoms with Gasteiger partial charge in [0, 0.05) is 24.7 Å². The van der Waals surface area contributed by atoms with Crippen LogP contribution in [0, 0.1) is 0 Å². The van der Waals surface area contributed by atoms with E-state index in [-0.39, 0.29) is 0 Å². The molecule has 3 rings (SSSR count). The smallest absolute Gasteiger partial charge is 0.164 e. The van der Waals surface area contributed by atoms with Gasteiger partial charge in [-0.1, -0.05) is 0 Å². The number of hydrogen-bond donors (Lipinski definition) is 1. The molecule has 0 aromatic carbocycles. The summed E-state index contributed by atoms with van der Waals surface area (Å²) in [7, 11) is 1.66. The predicted octanol–water partition coefficient (Wildman–Crippen LogP) is 0.815. The number of aromatic nitrogens is 3. The van der Waals surface area contributed by atoms with E-state index in [2.05, 4.69) is 15.5 Å². The normalized spacial score (nSPS) is 20.4. The minimum Gasteiger partial charge on any atom is -0.497 e. The highest BCUT2D eigenvalue weighted by molar-refractivity contribution is 5.44. The van der Waals surface area contributed by atoms with E-state index in [0.717, 1.165) is 36.7 Å². The fourth-order valence-electron chi connectivity index (χ4n) is 2.17. The van der Waals surface area contributed by atoms with Crippen LogP contribution in [-0.4, -0.2) is 34.8 Å². The summed E-state index contributed by atoms with van der Waals surface area (Å²) in [6.07, 6.45) is 3.11. The monoisotopic (exact) mass is 218 g/mol. The van der Waals surface area contributed by atoms with Crippen molar-refractivity contribution >= 4 is 5.65 Å². The van der Waals surface area contributed by atoms with Gasteiger partial charge in [-0.3, -0.25) is 4.40 Å². The maximum absolute atomic E-state index is 5.16. The van der Waals surface area contributed by atoms with E-state index in [1.54, 1.807) is 7.11 Å². The van der Waals surface area contributed by atoms with Gasteiger partial charge in [-0.2, -0.15) is 0 Å². The molecule has 0 radical (unpaired) electrons. The lowest BCUT2D eigenvalue weighted by Crippen LogP contribution is -2.10. The van der Waals surface area contributed by atoms with Crippen molar-refractivity contribution in [1.29, 1.82) is 0 Å². The Bertz CT molecular complexity index is 502. The highest BCUT2D eigenvalue weighted by Gasteiger charge is 2.21. The van der Waals surface area contributed by atoms with E-state index < -0.39 is 0 Å². The summed E-state index contributed by atoms with van der Waals surface area (Å²) >= 11 is 0. The maximum Gasteiger partial charge on any atom is 0.164 e. The van der Waals surface area contributed by atoms with E-state index in [1.807, 2.05) is 22.7 Å². The molecule has 1 unspecified atom stereocenters.